The minimum absolute atomic E-state index is 0.00417. The lowest BCUT2D eigenvalue weighted by atomic mass is 10.3. The predicted octanol–water partition coefficient (Wildman–Crippen LogP) is 1.72. The molecule has 8 heteroatoms. The van der Waals surface area contributed by atoms with Crippen molar-refractivity contribution in [3.05, 3.63) is 30.5 Å². The van der Waals surface area contributed by atoms with Gasteiger partial charge in [0.2, 0.25) is 5.79 Å². The van der Waals surface area contributed by atoms with Crippen molar-refractivity contribution < 1.29 is 17.9 Å². The molecular formula is C12H13N3O4S. The van der Waals surface area contributed by atoms with Gasteiger partial charge < -0.3 is 9.47 Å². The van der Waals surface area contributed by atoms with Crippen LogP contribution >= 0.6 is 0 Å². The minimum Gasteiger partial charge on any atom is -0.449 e. The third kappa shape index (κ3) is 2.29. The van der Waals surface area contributed by atoms with Gasteiger partial charge in [0.25, 0.3) is 10.0 Å². The molecule has 0 bridgehead atoms. The molecule has 7 nitrogen and oxygen atoms in total. The number of ether oxygens (including phenoxy) is 2. The molecule has 106 valence electrons. The highest BCUT2D eigenvalue weighted by Gasteiger charge is 2.32. The average molecular weight is 295 g/mol. The van der Waals surface area contributed by atoms with Gasteiger partial charge in [0.1, 0.15) is 0 Å². The molecule has 0 spiro atoms. The molecule has 2 N–H and O–H groups in total. The molecule has 20 heavy (non-hydrogen) atoms. The summed E-state index contributed by atoms with van der Waals surface area (Å²) < 4.78 is 37.6. The van der Waals surface area contributed by atoms with Crippen LogP contribution < -0.4 is 14.2 Å². The Kier molecular flexibility index (Phi) is 2.65. The minimum atomic E-state index is -3.68. The summed E-state index contributed by atoms with van der Waals surface area (Å²) in [5.41, 5.74) is 0.389. The van der Waals surface area contributed by atoms with Crippen LogP contribution in [0.4, 0.5) is 5.69 Å². The molecule has 3 rings (SSSR count). The topological polar surface area (TPSA) is 93.3 Å². The maximum Gasteiger partial charge on any atom is 0.278 e. The molecule has 1 aliphatic rings. The van der Waals surface area contributed by atoms with Gasteiger partial charge in [0.05, 0.1) is 11.9 Å². The van der Waals surface area contributed by atoms with E-state index in [4.69, 9.17) is 9.47 Å². The lowest BCUT2D eigenvalue weighted by Crippen LogP contribution is -2.29. The van der Waals surface area contributed by atoms with E-state index < -0.39 is 15.8 Å². The van der Waals surface area contributed by atoms with Gasteiger partial charge in [-0.3, -0.25) is 9.82 Å². The van der Waals surface area contributed by atoms with Crippen molar-refractivity contribution in [3.8, 4) is 11.5 Å². The Morgan fingerprint density at radius 3 is 2.65 bits per heavy atom. The van der Waals surface area contributed by atoms with Crippen molar-refractivity contribution in [2.45, 2.75) is 24.7 Å². The summed E-state index contributed by atoms with van der Waals surface area (Å²) in [4.78, 5) is 0. The Bertz CT molecular complexity index is 738. The van der Waals surface area contributed by atoms with E-state index in [-0.39, 0.29) is 5.03 Å². The first kappa shape index (κ1) is 12.8. The van der Waals surface area contributed by atoms with Crippen LogP contribution in [0.5, 0.6) is 11.5 Å². The fraction of sp³-hybridized carbons (Fsp3) is 0.250. The van der Waals surface area contributed by atoms with Crippen LogP contribution in [0.1, 0.15) is 13.8 Å². The van der Waals surface area contributed by atoms with Gasteiger partial charge in [0, 0.05) is 19.9 Å². The maximum absolute atomic E-state index is 12.0. The van der Waals surface area contributed by atoms with Gasteiger partial charge in [-0.15, -0.1) is 0 Å². The molecule has 1 aromatic carbocycles. The summed E-state index contributed by atoms with van der Waals surface area (Å²) in [6.45, 7) is 3.56. The number of aromatic nitrogens is 2. The van der Waals surface area contributed by atoms with Gasteiger partial charge in [0.15, 0.2) is 16.5 Å². The first-order chi connectivity index (χ1) is 9.36. The highest BCUT2D eigenvalue weighted by atomic mass is 32.2. The quantitative estimate of drug-likeness (QED) is 0.899. The molecule has 2 aromatic rings. The number of nitrogens with one attached hydrogen (secondary N) is 2. The van der Waals surface area contributed by atoms with Gasteiger partial charge in [-0.05, 0) is 18.2 Å². The van der Waals surface area contributed by atoms with Crippen LogP contribution in [0.3, 0.4) is 0 Å². The van der Waals surface area contributed by atoms with Crippen LogP contribution in [0, 0.1) is 0 Å². The standard InChI is InChI=1S/C12H13N3O4S/c1-12(2)18-9-4-3-8(7-10(9)19-12)15-20(16,17)11-5-6-13-14-11/h3-7,15H,1-2H3,(H,13,14). The predicted molar refractivity (Wildman–Crippen MR) is 71.2 cm³/mol. The molecule has 0 unspecified atom stereocenters. The maximum atomic E-state index is 12.0. The number of nitrogens with zero attached hydrogens (tertiary/aromatic N) is 1. The number of hydrogen-bond donors (Lipinski definition) is 2. The fourth-order valence-corrected chi connectivity index (χ4v) is 2.85. The highest BCUT2D eigenvalue weighted by molar-refractivity contribution is 7.92. The van der Waals surface area contributed by atoms with Gasteiger partial charge in [-0.25, -0.2) is 0 Å². The van der Waals surface area contributed by atoms with E-state index in [2.05, 4.69) is 14.9 Å². The molecule has 0 atom stereocenters. The van der Waals surface area contributed by atoms with Crippen molar-refractivity contribution in [2.24, 2.45) is 0 Å². The first-order valence-corrected chi connectivity index (χ1v) is 7.38. The van der Waals surface area contributed by atoms with E-state index in [1.165, 1.54) is 12.3 Å². The van der Waals surface area contributed by atoms with Crippen molar-refractivity contribution >= 4 is 15.7 Å². The Morgan fingerprint density at radius 1 is 1.20 bits per heavy atom. The number of anilines is 1. The molecule has 0 amide bonds. The molecule has 0 fully saturated rings. The second kappa shape index (κ2) is 4.14. The summed E-state index contributed by atoms with van der Waals surface area (Å²) in [6.07, 6.45) is 1.37. The van der Waals surface area contributed by atoms with Crippen LogP contribution in [-0.4, -0.2) is 24.4 Å². The molecule has 0 radical (unpaired) electrons. The van der Waals surface area contributed by atoms with E-state index >= 15 is 0 Å². The SMILES string of the molecule is CC1(C)Oc2ccc(NS(=O)(=O)c3ccn[nH]3)cc2O1. The average Bonchev–Trinajstić information content (AvgIpc) is 2.93. The highest BCUT2D eigenvalue weighted by Crippen LogP contribution is 2.40. The Balaban J connectivity index is 1.88. The zero-order valence-electron chi connectivity index (χ0n) is 10.9. The number of benzene rings is 1. The van der Waals surface area contributed by atoms with Crippen molar-refractivity contribution in [3.63, 3.8) is 0 Å². The number of hydrogen-bond acceptors (Lipinski definition) is 5. The molecule has 0 saturated heterocycles. The summed E-state index contributed by atoms with van der Waals surface area (Å²) in [5, 5.41) is 6.02. The van der Waals surface area contributed by atoms with E-state index in [0.717, 1.165) is 0 Å². The summed E-state index contributed by atoms with van der Waals surface area (Å²) in [7, 11) is -3.68. The van der Waals surface area contributed by atoms with Crippen molar-refractivity contribution in [1.82, 2.24) is 10.2 Å². The Labute approximate surface area is 116 Å². The van der Waals surface area contributed by atoms with E-state index in [1.807, 2.05) is 0 Å². The zero-order valence-corrected chi connectivity index (χ0v) is 11.7. The van der Waals surface area contributed by atoms with Crippen molar-refractivity contribution in [2.75, 3.05) is 4.72 Å². The first-order valence-electron chi connectivity index (χ1n) is 5.90. The zero-order chi connectivity index (χ0) is 14.4. The molecular weight excluding hydrogens is 282 g/mol. The number of rotatable bonds is 3. The van der Waals surface area contributed by atoms with E-state index in [9.17, 15) is 8.42 Å². The lowest BCUT2D eigenvalue weighted by Gasteiger charge is -2.16. The summed E-state index contributed by atoms with van der Waals surface area (Å²) in [5.74, 6) is 0.336. The van der Waals surface area contributed by atoms with Crippen LogP contribution in [0.2, 0.25) is 0 Å². The second-order valence-electron chi connectivity index (χ2n) is 4.79. The van der Waals surface area contributed by atoms with Crippen LogP contribution in [-0.2, 0) is 10.0 Å². The third-order valence-electron chi connectivity index (χ3n) is 2.67. The van der Waals surface area contributed by atoms with Crippen LogP contribution in [0.15, 0.2) is 35.5 Å². The molecule has 2 heterocycles. The molecule has 0 saturated carbocycles. The normalized spacial score (nSPS) is 16.1. The van der Waals surface area contributed by atoms with E-state index in [0.29, 0.717) is 17.2 Å². The summed E-state index contributed by atoms with van der Waals surface area (Å²) in [6, 6.07) is 6.23. The third-order valence-corrected chi connectivity index (χ3v) is 3.98. The number of fused-ring (bicyclic) bond motifs is 1. The molecule has 0 aliphatic carbocycles. The summed E-state index contributed by atoms with van der Waals surface area (Å²) >= 11 is 0. The molecule has 1 aliphatic heterocycles. The molecule has 1 aromatic heterocycles. The van der Waals surface area contributed by atoms with Gasteiger partial charge in [-0.2, -0.15) is 13.5 Å². The monoisotopic (exact) mass is 295 g/mol. The Hall–Kier alpha value is -2.22. The second-order valence-corrected chi connectivity index (χ2v) is 6.44. The van der Waals surface area contributed by atoms with Crippen molar-refractivity contribution in [1.29, 1.82) is 0 Å². The smallest absolute Gasteiger partial charge is 0.278 e. The van der Waals surface area contributed by atoms with Gasteiger partial charge in [-0.1, -0.05) is 0 Å². The Morgan fingerprint density at radius 2 is 1.95 bits per heavy atom. The largest absolute Gasteiger partial charge is 0.449 e. The fourth-order valence-electron chi connectivity index (χ4n) is 1.89. The lowest BCUT2D eigenvalue weighted by molar-refractivity contribution is -0.0431. The number of sulfonamides is 1. The van der Waals surface area contributed by atoms with Crippen LogP contribution in [0.25, 0.3) is 0 Å². The van der Waals surface area contributed by atoms with E-state index in [1.54, 1.807) is 32.0 Å². The van der Waals surface area contributed by atoms with Gasteiger partial charge >= 0.3 is 0 Å². The number of aromatic amines is 1. The number of H-pyrrole nitrogens is 1.